The maximum Gasteiger partial charge on any atom is 0.245 e. The molecule has 1 rings (SSSR count). The van der Waals surface area contributed by atoms with E-state index in [0.29, 0.717) is 0 Å². The van der Waals surface area contributed by atoms with Crippen LogP contribution in [0.4, 0.5) is 0 Å². The predicted octanol–water partition coefficient (Wildman–Crippen LogP) is 0.372. The summed E-state index contributed by atoms with van der Waals surface area (Å²) in [5.41, 5.74) is 1.82. The van der Waals surface area contributed by atoms with Gasteiger partial charge in [0.15, 0.2) is 0 Å². The third-order valence-electron chi connectivity index (χ3n) is 2.19. The third-order valence-corrected chi connectivity index (χ3v) is 2.19. The van der Waals surface area contributed by atoms with Crippen LogP contribution in [-0.2, 0) is 19.2 Å². The summed E-state index contributed by atoms with van der Waals surface area (Å²) in [5, 5.41) is 0. The fourth-order valence-electron chi connectivity index (χ4n) is 1.35. The number of hydroxylamine groups is 1. The van der Waals surface area contributed by atoms with E-state index in [0.717, 1.165) is 4.90 Å². The second kappa shape index (κ2) is 5.27. The number of likely N-dealkylation sites (tertiary alicyclic amines) is 1. The van der Waals surface area contributed by atoms with E-state index in [1.807, 2.05) is 0 Å². The number of carbonyl (C=O) groups excluding carboxylic acids is 3. The van der Waals surface area contributed by atoms with Crippen LogP contribution in [0.5, 0.6) is 0 Å². The predicted molar refractivity (Wildman–Crippen MR) is 59.6 cm³/mol. The van der Waals surface area contributed by atoms with Crippen molar-refractivity contribution in [2.24, 2.45) is 0 Å². The second-order valence-electron chi connectivity index (χ2n) is 4.93. The minimum atomic E-state index is -0.463. The molecule has 1 saturated heterocycles. The zero-order valence-electron chi connectivity index (χ0n) is 10.4. The van der Waals surface area contributed by atoms with Crippen LogP contribution in [0.2, 0.25) is 0 Å². The normalized spacial score (nSPS) is 16.5. The highest BCUT2D eigenvalue weighted by Gasteiger charge is 2.28. The van der Waals surface area contributed by atoms with Gasteiger partial charge in [-0.05, 0) is 20.8 Å². The zero-order chi connectivity index (χ0) is 13.1. The molecule has 0 aliphatic carbocycles. The molecule has 0 radical (unpaired) electrons. The summed E-state index contributed by atoms with van der Waals surface area (Å²) in [7, 11) is 0. The van der Waals surface area contributed by atoms with Gasteiger partial charge in [-0.1, -0.05) is 0 Å². The summed E-state index contributed by atoms with van der Waals surface area (Å²) in [4.78, 5) is 40.1. The molecule has 96 valence electrons. The Morgan fingerprint density at radius 3 is 2.29 bits per heavy atom. The lowest BCUT2D eigenvalue weighted by atomic mass is 10.2. The van der Waals surface area contributed by atoms with Crippen LogP contribution in [-0.4, -0.2) is 34.8 Å². The lowest BCUT2D eigenvalue weighted by Gasteiger charge is -2.19. The molecule has 1 aliphatic heterocycles. The van der Waals surface area contributed by atoms with Crippen molar-refractivity contribution in [1.82, 2.24) is 10.4 Å². The first-order valence-corrected chi connectivity index (χ1v) is 5.59. The zero-order valence-corrected chi connectivity index (χ0v) is 10.4. The number of carbonyl (C=O) groups is 3. The molecular formula is C11H18N2O4. The molecule has 0 atom stereocenters. The SMILES string of the molecule is CC(C)(C)ONC(=O)CCN1C(=O)CCC1=O. The lowest BCUT2D eigenvalue weighted by molar-refractivity contribution is -0.147. The summed E-state index contributed by atoms with van der Waals surface area (Å²) >= 11 is 0. The van der Waals surface area contributed by atoms with Crippen LogP contribution >= 0.6 is 0 Å². The van der Waals surface area contributed by atoms with Crippen molar-refractivity contribution >= 4 is 17.7 Å². The minimum absolute atomic E-state index is 0.0631. The van der Waals surface area contributed by atoms with E-state index >= 15 is 0 Å². The van der Waals surface area contributed by atoms with E-state index in [1.165, 1.54) is 0 Å². The van der Waals surface area contributed by atoms with Gasteiger partial charge in [-0.3, -0.25) is 24.1 Å². The Morgan fingerprint density at radius 1 is 1.29 bits per heavy atom. The molecule has 0 spiro atoms. The highest BCUT2D eigenvalue weighted by Crippen LogP contribution is 2.11. The third kappa shape index (κ3) is 4.52. The number of hydrogen-bond donors (Lipinski definition) is 1. The van der Waals surface area contributed by atoms with Gasteiger partial charge in [0.05, 0.1) is 5.60 Å². The van der Waals surface area contributed by atoms with Gasteiger partial charge in [0.1, 0.15) is 0 Å². The fourth-order valence-corrected chi connectivity index (χ4v) is 1.35. The average molecular weight is 242 g/mol. The van der Waals surface area contributed by atoms with Crippen molar-refractivity contribution in [3.05, 3.63) is 0 Å². The van der Waals surface area contributed by atoms with Crippen LogP contribution in [0.3, 0.4) is 0 Å². The second-order valence-corrected chi connectivity index (χ2v) is 4.93. The summed E-state index contributed by atoms with van der Waals surface area (Å²) in [6.07, 6.45) is 0.561. The molecule has 0 saturated carbocycles. The molecule has 0 aromatic carbocycles. The van der Waals surface area contributed by atoms with Crippen LogP contribution in [0, 0.1) is 0 Å². The maximum absolute atomic E-state index is 11.4. The van der Waals surface area contributed by atoms with Gasteiger partial charge in [-0.15, -0.1) is 0 Å². The van der Waals surface area contributed by atoms with Crippen LogP contribution in [0.1, 0.15) is 40.0 Å². The van der Waals surface area contributed by atoms with Crippen LogP contribution in [0.15, 0.2) is 0 Å². The Morgan fingerprint density at radius 2 is 1.82 bits per heavy atom. The maximum atomic E-state index is 11.4. The van der Waals surface area contributed by atoms with Gasteiger partial charge in [0.25, 0.3) is 0 Å². The van der Waals surface area contributed by atoms with E-state index in [-0.39, 0.29) is 43.5 Å². The van der Waals surface area contributed by atoms with E-state index in [4.69, 9.17) is 4.84 Å². The molecule has 6 heteroatoms. The summed E-state index contributed by atoms with van der Waals surface area (Å²) in [6, 6.07) is 0. The van der Waals surface area contributed by atoms with Crippen LogP contribution < -0.4 is 5.48 Å². The highest BCUT2D eigenvalue weighted by atomic mass is 16.7. The van der Waals surface area contributed by atoms with E-state index in [1.54, 1.807) is 20.8 Å². The topological polar surface area (TPSA) is 75.7 Å². The summed E-state index contributed by atoms with van der Waals surface area (Å²) in [5.74, 6) is -0.758. The number of amides is 3. The molecule has 17 heavy (non-hydrogen) atoms. The highest BCUT2D eigenvalue weighted by molar-refractivity contribution is 6.02. The Labute approximate surface area is 100 Å². The molecule has 1 fully saturated rings. The van der Waals surface area contributed by atoms with E-state index in [9.17, 15) is 14.4 Å². The molecule has 1 aliphatic rings. The van der Waals surface area contributed by atoms with Crippen molar-refractivity contribution < 1.29 is 19.2 Å². The van der Waals surface area contributed by atoms with Crippen LogP contribution in [0.25, 0.3) is 0 Å². The van der Waals surface area contributed by atoms with Crippen molar-refractivity contribution in [3.63, 3.8) is 0 Å². The van der Waals surface area contributed by atoms with E-state index < -0.39 is 5.60 Å². The smallest absolute Gasteiger partial charge is 0.245 e. The largest absolute Gasteiger partial charge is 0.282 e. The van der Waals surface area contributed by atoms with Gasteiger partial charge >= 0.3 is 0 Å². The summed E-state index contributed by atoms with van der Waals surface area (Å²) < 4.78 is 0. The first kappa shape index (κ1) is 13.6. The molecule has 6 nitrogen and oxygen atoms in total. The molecule has 1 heterocycles. The molecule has 0 bridgehead atoms. The standard InChI is InChI=1S/C11H18N2O4/c1-11(2,3)17-12-8(14)6-7-13-9(15)4-5-10(13)16/h4-7H2,1-3H3,(H,12,14). The Balaban J connectivity index is 2.29. The summed E-state index contributed by atoms with van der Waals surface area (Å²) in [6.45, 7) is 5.54. The number of rotatable bonds is 4. The lowest BCUT2D eigenvalue weighted by Crippen LogP contribution is -2.37. The van der Waals surface area contributed by atoms with Crippen molar-refractivity contribution in [2.45, 2.75) is 45.6 Å². The molecule has 0 aromatic heterocycles. The Kier molecular flexibility index (Phi) is 4.22. The van der Waals surface area contributed by atoms with Gasteiger partial charge in [-0.25, -0.2) is 5.48 Å². The van der Waals surface area contributed by atoms with Gasteiger partial charge in [0.2, 0.25) is 17.7 Å². The number of nitrogens with zero attached hydrogens (tertiary/aromatic N) is 1. The Hall–Kier alpha value is -1.43. The van der Waals surface area contributed by atoms with Gasteiger partial charge in [0, 0.05) is 25.8 Å². The van der Waals surface area contributed by atoms with Crippen molar-refractivity contribution in [1.29, 1.82) is 0 Å². The fraction of sp³-hybridized carbons (Fsp3) is 0.727. The molecule has 3 amide bonds. The van der Waals surface area contributed by atoms with Crippen molar-refractivity contribution in [2.75, 3.05) is 6.54 Å². The monoisotopic (exact) mass is 242 g/mol. The first-order chi connectivity index (χ1) is 7.79. The Bertz CT molecular complexity index is 317. The van der Waals surface area contributed by atoms with Gasteiger partial charge in [-0.2, -0.15) is 0 Å². The molecule has 0 unspecified atom stereocenters. The van der Waals surface area contributed by atoms with Gasteiger partial charge < -0.3 is 0 Å². The minimum Gasteiger partial charge on any atom is -0.282 e. The quantitative estimate of drug-likeness (QED) is 0.571. The van der Waals surface area contributed by atoms with Crippen molar-refractivity contribution in [3.8, 4) is 0 Å². The first-order valence-electron chi connectivity index (χ1n) is 5.59. The molecule has 1 N–H and O–H groups in total. The number of nitrogens with one attached hydrogen (secondary N) is 1. The van der Waals surface area contributed by atoms with E-state index in [2.05, 4.69) is 5.48 Å². The molecular weight excluding hydrogens is 224 g/mol. The molecule has 0 aromatic rings. The average Bonchev–Trinajstić information content (AvgIpc) is 2.52. The number of hydrogen-bond acceptors (Lipinski definition) is 4. The number of imide groups is 1.